The highest BCUT2D eigenvalue weighted by atomic mass is 79.9. The van der Waals surface area contributed by atoms with E-state index in [0.717, 1.165) is 15.6 Å². The molecular formula is C16H17BrFN. The molecule has 3 heteroatoms. The van der Waals surface area contributed by atoms with Crippen LogP contribution in [0, 0.1) is 19.7 Å². The van der Waals surface area contributed by atoms with Crippen LogP contribution in [0.1, 0.15) is 28.3 Å². The molecule has 0 radical (unpaired) electrons. The molecule has 1 atom stereocenters. The van der Waals surface area contributed by atoms with Gasteiger partial charge in [-0.15, -0.1) is 0 Å². The Kier molecular flexibility index (Phi) is 4.38. The van der Waals surface area contributed by atoms with E-state index in [2.05, 4.69) is 40.3 Å². The summed E-state index contributed by atoms with van der Waals surface area (Å²) in [6.45, 7) is 3.86. The number of hydrogen-bond donors (Lipinski definition) is 1. The van der Waals surface area contributed by atoms with Gasteiger partial charge in [-0.3, -0.25) is 0 Å². The van der Waals surface area contributed by atoms with Crippen molar-refractivity contribution in [3.05, 3.63) is 68.9 Å². The molecule has 0 amide bonds. The zero-order chi connectivity index (χ0) is 14.0. The van der Waals surface area contributed by atoms with Crippen LogP contribution in [0.4, 0.5) is 4.39 Å². The Balaban J connectivity index is 2.49. The molecule has 0 spiro atoms. The third kappa shape index (κ3) is 3.04. The van der Waals surface area contributed by atoms with Gasteiger partial charge >= 0.3 is 0 Å². The minimum absolute atomic E-state index is 0.0496. The Morgan fingerprint density at radius 2 is 1.84 bits per heavy atom. The van der Waals surface area contributed by atoms with E-state index in [0.29, 0.717) is 5.56 Å². The lowest BCUT2D eigenvalue weighted by Crippen LogP contribution is -2.18. The maximum atomic E-state index is 13.4. The molecular weight excluding hydrogens is 305 g/mol. The van der Waals surface area contributed by atoms with Crippen LogP contribution >= 0.6 is 15.9 Å². The first-order valence-corrected chi connectivity index (χ1v) is 7.01. The maximum Gasteiger partial charge on any atom is 0.126 e. The van der Waals surface area contributed by atoms with E-state index in [9.17, 15) is 4.39 Å². The van der Waals surface area contributed by atoms with Gasteiger partial charge in [0.1, 0.15) is 5.82 Å². The number of rotatable bonds is 3. The summed E-state index contributed by atoms with van der Waals surface area (Å²) in [5, 5.41) is 3.30. The molecule has 0 aliphatic carbocycles. The van der Waals surface area contributed by atoms with Crippen LogP contribution in [0.2, 0.25) is 0 Å². The standard InChI is InChI=1S/C16H17BrFN/c1-10-4-6-14(17)13(8-10)16(19-3)12-5-7-15(18)11(2)9-12/h4-9,16,19H,1-3H3. The fraction of sp³-hybridized carbons (Fsp3) is 0.250. The van der Waals surface area contributed by atoms with Crippen molar-refractivity contribution in [2.24, 2.45) is 0 Å². The summed E-state index contributed by atoms with van der Waals surface area (Å²) in [4.78, 5) is 0. The van der Waals surface area contributed by atoms with Gasteiger partial charge in [0.25, 0.3) is 0 Å². The summed E-state index contributed by atoms with van der Waals surface area (Å²) in [6.07, 6.45) is 0. The SMILES string of the molecule is CNC(c1ccc(F)c(C)c1)c1cc(C)ccc1Br. The van der Waals surface area contributed by atoms with Crippen molar-refractivity contribution in [2.75, 3.05) is 7.05 Å². The Labute approximate surface area is 122 Å². The van der Waals surface area contributed by atoms with Crippen molar-refractivity contribution in [3.8, 4) is 0 Å². The minimum Gasteiger partial charge on any atom is -0.309 e. The highest BCUT2D eigenvalue weighted by Gasteiger charge is 2.16. The largest absolute Gasteiger partial charge is 0.309 e. The molecule has 1 N–H and O–H groups in total. The smallest absolute Gasteiger partial charge is 0.126 e. The maximum absolute atomic E-state index is 13.4. The fourth-order valence-corrected chi connectivity index (χ4v) is 2.71. The third-order valence-electron chi connectivity index (χ3n) is 3.27. The predicted octanol–water partition coefficient (Wildman–Crippen LogP) is 4.51. The van der Waals surface area contributed by atoms with Gasteiger partial charge in [0.05, 0.1) is 6.04 Å². The van der Waals surface area contributed by atoms with Crippen molar-refractivity contribution in [2.45, 2.75) is 19.9 Å². The van der Waals surface area contributed by atoms with Crippen LogP contribution in [0.15, 0.2) is 40.9 Å². The molecule has 0 aliphatic rings. The number of benzene rings is 2. The first-order valence-electron chi connectivity index (χ1n) is 6.22. The predicted molar refractivity (Wildman–Crippen MR) is 80.9 cm³/mol. The Morgan fingerprint density at radius 1 is 1.11 bits per heavy atom. The highest BCUT2D eigenvalue weighted by molar-refractivity contribution is 9.10. The Morgan fingerprint density at radius 3 is 2.47 bits per heavy atom. The lowest BCUT2D eigenvalue weighted by Gasteiger charge is -2.20. The molecule has 2 rings (SSSR count). The third-order valence-corrected chi connectivity index (χ3v) is 3.99. The number of nitrogens with one attached hydrogen (secondary N) is 1. The topological polar surface area (TPSA) is 12.0 Å². The van der Waals surface area contributed by atoms with E-state index in [-0.39, 0.29) is 11.9 Å². The van der Waals surface area contributed by atoms with E-state index in [1.54, 1.807) is 6.92 Å². The monoisotopic (exact) mass is 321 g/mol. The van der Waals surface area contributed by atoms with Crippen LogP contribution in [0.5, 0.6) is 0 Å². The second-order valence-electron chi connectivity index (χ2n) is 4.76. The fourth-order valence-electron chi connectivity index (χ4n) is 2.23. The molecule has 0 saturated heterocycles. The van der Waals surface area contributed by atoms with E-state index in [4.69, 9.17) is 0 Å². The molecule has 1 nitrogen and oxygen atoms in total. The quantitative estimate of drug-likeness (QED) is 0.876. The van der Waals surface area contributed by atoms with Gasteiger partial charge in [0.15, 0.2) is 0 Å². The Hall–Kier alpha value is -1.19. The number of hydrogen-bond acceptors (Lipinski definition) is 1. The van der Waals surface area contributed by atoms with Gasteiger partial charge in [0, 0.05) is 4.47 Å². The van der Waals surface area contributed by atoms with Gasteiger partial charge in [-0.2, -0.15) is 0 Å². The van der Waals surface area contributed by atoms with Crippen LogP contribution < -0.4 is 5.32 Å². The lowest BCUT2D eigenvalue weighted by molar-refractivity contribution is 0.613. The zero-order valence-corrected chi connectivity index (χ0v) is 12.9. The van der Waals surface area contributed by atoms with Crippen molar-refractivity contribution >= 4 is 15.9 Å². The summed E-state index contributed by atoms with van der Waals surface area (Å²) >= 11 is 3.59. The second kappa shape index (κ2) is 5.85. The van der Waals surface area contributed by atoms with Gasteiger partial charge in [0.2, 0.25) is 0 Å². The van der Waals surface area contributed by atoms with Crippen molar-refractivity contribution < 1.29 is 4.39 Å². The van der Waals surface area contributed by atoms with Gasteiger partial charge in [-0.25, -0.2) is 4.39 Å². The highest BCUT2D eigenvalue weighted by Crippen LogP contribution is 2.30. The molecule has 0 saturated carbocycles. The van der Waals surface area contributed by atoms with Crippen molar-refractivity contribution in [3.63, 3.8) is 0 Å². The van der Waals surface area contributed by atoms with Gasteiger partial charge in [-0.1, -0.05) is 45.8 Å². The van der Waals surface area contributed by atoms with Crippen LogP contribution in [-0.2, 0) is 0 Å². The van der Waals surface area contributed by atoms with Crippen LogP contribution in [0.3, 0.4) is 0 Å². The van der Waals surface area contributed by atoms with Crippen molar-refractivity contribution in [1.29, 1.82) is 0 Å². The summed E-state index contributed by atoms with van der Waals surface area (Å²) in [7, 11) is 1.91. The average molecular weight is 322 g/mol. The molecule has 0 aromatic heterocycles. The second-order valence-corrected chi connectivity index (χ2v) is 5.61. The molecule has 100 valence electrons. The van der Waals surface area contributed by atoms with Gasteiger partial charge < -0.3 is 5.32 Å². The Bertz CT molecular complexity index is 595. The molecule has 19 heavy (non-hydrogen) atoms. The molecule has 2 aromatic carbocycles. The molecule has 0 heterocycles. The molecule has 0 bridgehead atoms. The summed E-state index contributed by atoms with van der Waals surface area (Å²) in [5.41, 5.74) is 4.10. The number of aryl methyl sites for hydroxylation is 2. The van der Waals surface area contributed by atoms with E-state index >= 15 is 0 Å². The van der Waals surface area contributed by atoms with E-state index in [1.807, 2.05) is 25.2 Å². The number of halogens is 2. The molecule has 2 aromatic rings. The van der Waals surface area contributed by atoms with Crippen LogP contribution in [0.25, 0.3) is 0 Å². The normalized spacial score (nSPS) is 12.5. The molecule has 0 fully saturated rings. The van der Waals surface area contributed by atoms with E-state index in [1.165, 1.54) is 11.6 Å². The molecule has 1 unspecified atom stereocenters. The molecule has 0 aliphatic heterocycles. The minimum atomic E-state index is -0.165. The van der Waals surface area contributed by atoms with Gasteiger partial charge in [-0.05, 0) is 49.7 Å². The summed E-state index contributed by atoms with van der Waals surface area (Å²) < 4.78 is 14.4. The summed E-state index contributed by atoms with van der Waals surface area (Å²) in [6, 6.07) is 11.6. The average Bonchev–Trinajstić information content (AvgIpc) is 2.38. The first kappa shape index (κ1) is 14.2. The lowest BCUT2D eigenvalue weighted by atomic mass is 9.96. The van der Waals surface area contributed by atoms with Crippen molar-refractivity contribution in [1.82, 2.24) is 5.32 Å². The first-order chi connectivity index (χ1) is 9.02. The van der Waals surface area contributed by atoms with E-state index < -0.39 is 0 Å². The summed E-state index contributed by atoms with van der Waals surface area (Å²) in [5.74, 6) is -0.165. The zero-order valence-electron chi connectivity index (χ0n) is 11.3. The van der Waals surface area contributed by atoms with Crippen LogP contribution in [-0.4, -0.2) is 7.05 Å².